The highest BCUT2D eigenvalue weighted by atomic mass is 79.9. The maximum Gasteiger partial charge on any atom is 0.182 e. The van der Waals surface area contributed by atoms with Crippen molar-refractivity contribution in [1.29, 1.82) is 0 Å². The van der Waals surface area contributed by atoms with Crippen molar-refractivity contribution in [2.75, 3.05) is 5.73 Å². The lowest BCUT2D eigenvalue weighted by molar-refractivity contribution is 0.216. The molecule has 2 N–H and O–H groups in total. The van der Waals surface area contributed by atoms with Gasteiger partial charge in [0.2, 0.25) is 0 Å². The Kier molecular flexibility index (Phi) is 4.24. The minimum atomic E-state index is 0.402. The summed E-state index contributed by atoms with van der Waals surface area (Å²) in [5.41, 5.74) is 7.66. The molecule has 1 heterocycles. The Balaban J connectivity index is 1.98. The average Bonchev–Trinajstić information content (AvgIpc) is 2.99. The van der Waals surface area contributed by atoms with E-state index in [0.29, 0.717) is 17.6 Å². The van der Waals surface area contributed by atoms with Crippen molar-refractivity contribution in [2.24, 2.45) is 5.92 Å². The molecule has 21 heavy (non-hydrogen) atoms. The lowest BCUT2D eigenvalue weighted by Gasteiger charge is -2.31. The van der Waals surface area contributed by atoms with Gasteiger partial charge in [0.05, 0.1) is 6.04 Å². The van der Waals surface area contributed by atoms with E-state index >= 15 is 0 Å². The van der Waals surface area contributed by atoms with Gasteiger partial charge in [-0.1, -0.05) is 26.2 Å². The van der Waals surface area contributed by atoms with E-state index in [1.165, 1.54) is 25.7 Å². The predicted molar refractivity (Wildman–Crippen MR) is 86.7 cm³/mol. The molecule has 1 aromatic heterocycles. The van der Waals surface area contributed by atoms with Crippen LogP contribution in [0, 0.1) is 5.92 Å². The van der Waals surface area contributed by atoms with E-state index < -0.39 is 0 Å². The van der Waals surface area contributed by atoms with Crippen LogP contribution in [0.4, 0.5) is 5.69 Å². The van der Waals surface area contributed by atoms with Crippen LogP contribution in [-0.2, 0) is 0 Å². The number of rotatable bonds is 3. The van der Waals surface area contributed by atoms with E-state index in [0.717, 1.165) is 22.3 Å². The summed E-state index contributed by atoms with van der Waals surface area (Å²) in [4.78, 5) is 0. The van der Waals surface area contributed by atoms with Gasteiger partial charge < -0.3 is 5.73 Å². The number of halogens is 1. The Morgan fingerprint density at radius 2 is 2.14 bits per heavy atom. The zero-order valence-electron chi connectivity index (χ0n) is 12.2. The van der Waals surface area contributed by atoms with Crippen LogP contribution < -0.4 is 5.73 Å². The van der Waals surface area contributed by atoms with Crippen LogP contribution in [-0.4, -0.2) is 20.2 Å². The van der Waals surface area contributed by atoms with Crippen LogP contribution in [0.1, 0.15) is 45.1 Å². The first-order valence-corrected chi connectivity index (χ1v) is 8.33. The molecule has 2 aromatic rings. The maximum absolute atomic E-state index is 5.98. The normalized spacial score (nSPS) is 22.4. The molecular weight excluding hydrogens is 330 g/mol. The summed E-state index contributed by atoms with van der Waals surface area (Å²) in [6.07, 6.45) is 6.17. The molecule has 5 nitrogen and oxygen atoms in total. The van der Waals surface area contributed by atoms with Gasteiger partial charge in [-0.2, -0.15) is 0 Å². The third kappa shape index (κ3) is 2.81. The third-order valence-electron chi connectivity index (χ3n) is 4.45. The van der Waals surface area contributed by atoms with Crippen LogP contribution in [0.15, 0.2) is 22.7 Å². The molecule has 112 valence electrons. The quantitative estimate of drug-likeness (QED) is 0.855. The molecule has 6 heteroatoms. The number of tetrazole rings is 1. The van der Waals surface area contributed by atoms with Gasteiger partial charge in [-0.15, -0.1) is 5.10 Å². The summed E-state index contributed by atoms with van der Waals surface area (Å²) < 4.78 is 2.91. The smallest absolute Gasteiger partial charge is 0.182 e. The summed E-state index contributed by atoms with van der Waals surface area (Å²) in [6, 6.07) is 6.28. The van der Waals surface area contributed by atoms with Gasteiger partial charge in [-0.25, -0.2) is 4.68 Å². The van der Waals surface area contributed by atoms with Gasteiger partial charge in [0.15, 0.2) is 5.82 Å². The summed E-state index contributed by atoms with van der Waals surface area (Å²) in [5, 5.41) is 12.4. The van der Waals surface area contributed by atoms with E-state index in [1.54, 1.807) is 0 Å². The average molecular weight is 350 g/mol. The van der Waals surface area contributed by atoms with Gasteiger partial charge in [-0.3, -0.25) is 0 Å². The zero-order valence-corrected chi connectivity index (χ0v) is 13.8. The van der Waals surface area contributed by atoms with Gasteiger partial charge in [-0.05, 0) is 63.3 Å². The molecule has 1 aromatic carbocycles. The SMILES string of the molecule is CCC1CCCCC1n1nnnc1-c1ccc(Br)c(N)c1. The van der Waals surface area contributed by atoms with Gasteiger partial charge in [0.25, 0.3) is 0 Å². The van der Waals surface area contributed by atoms with E-state index in [4.69, 9.17) is 5.73 Å². The topological polar surface area (TPSA) is 69.6 Å². The van der Waals surface area contributed by atoms with Crippen LogP contribution in [0.25, 0.3) is 11.4 Å². The molecule has 0 radical (unpaired) electrons. The van der Waals surface area contributed by atoms with Crippen molar-refractivity contribution in [3.05, 3.63) is 22.7 Å². The second kappa shape index (κ2) is 6.13. The Bertz CT molecular complexity index is 624. The standard InChI is InChI=1S/C15H20BrN5/c1-2-10-5-3-4-6-14(10)21-15(18-19-20-21)11-7-8-12(16)13(17)9-11/h7-10,14H,2-6,17H2,1H3. The molecule has 2 unspecified atom stereocenters. The number of nitrogen functional groups attached to an aromatic ring is 1. The first-order chi connectivity index (χ1) is 10.2. The summed E-state index contributed by atoms with van der Waals surface area (Å²) in [7, 11) is 0. The maximum atomic E-state index is 5.98. The van der Waals surface area contributed by atoms with Crippen molar-refractivity contribution < 1.29 is 0 Å². The Morgan fingerprint density at radius 1 is 1.33 bits per heavy atom. The Hall–Kier alpha value is -1.43. The highest BCUT2D eigenvalue weighted by Crippen LogP contribution is 2.37. The minimum absolute atomic E-state index is 0.402. The first kappa shape index (κ1) is 14.5. The zero-order chi connectivity index (χ0) is 14.8. The Morgan fingerprint density at radius 3 is 2.90 bits per heavy atom. The third-order valence-corrected chi connectivity index (χ3v) is 5.18. The number of benzene rings is 1. The summed E-state index contributed by atoms with van der Waals surface area (Å²) in [5.74, 6) is 1.48. The molecule has 0 saturated heterocycles. The second-order valence-electron chi connectivity index (χ2n) is 5.70. The van der Waals surface area contributed by atoms with Crippen molar-refractivity contribution in [1.82, 2.24) is 20.2 Å². The van der Waals surface area contributed by atoms with Gasteiger partial charge in [0.1, 0.15) is 0 Å². The van der Waals surface area contributed by atoms with Crippen LogP contribution >= 0.6 is 15.9 Å². The van der Waals surface area contributed by atoms with Crippen molar-refractivity contribution in [2.45, 2.75) is 45.1 Å². The van der Waals surface area contributed by atoms with Crippen molar-refractivity contribution in [3.63, 3.8) is 0 Å². The molecule has 2 atom stereocenters. The number of nitrogens with two attached hydrogens (primary N) is 1. The van der Waals surface area contributed by atoms with Crippen molar-refractivity contribution >= 4 is 21.6 Å². The van der Waals surface area contributed by atoms with Crippen LogP contribution in [0.3, 0.4) is 0 Å². The number of hydrogen-bond donors (Lipinski definition) is 1. The summed E-state index contributed by atoms with van der Waals surface area (Å²) in [6.45, 7) is 2.25. The fourth-order valence-electron chi connectivity index (χ4n) is 3.28. The lowest BCUT2D eigenvalue weighted by atomic mass is 9.83. The minimum Gasteiger partial charge on any atom is -0.398 e. The predicted octanol–water partition coefficient (Wildman–Crippen LogP) is 3.83. The van der Waals surface area contributed by atoms with E-state index in [9.17, 15) is 0 Å². The summed E-state index contributed by atoms with van der Waals surface area (Å²) >= 11 is 3.43. The molecule has 1 aliphatic carbocycles. The number of hydrogen-bond acceptors (Lipinski definition) is 4. The number of anilines is 1. The van der Waals surface area contributed by atoms with Crippen LogP contribution in [0.5, 0.6) is 0 Å². The van der Waals surface area contributed by atoms with E-state index in [1.807, 2.05) is 22.9 Å². The fourth-order valence-corrected chi connectivity index (χ4v) is 3.52. The number of aromatic nitrogens is 4. The van der Waals surface area contributed by atoms with E-state index in [-0.39, 0.29) is 0 Å². The number of nitrogens with zero attached hydrogens (tertiary/aromatic N) is 4. The van der Waals surface area contributed by atoms with E-state index in [2.05, 4.69) is 38.4 Å². The van der Waals surface area contributed by atoms with Crippen molar-refractivity contribution in [3.8, 4) is 11.4 Å². The molecule has 0 spiro atoms. The highest BCUT2D eigenvalue weighted by Gasteiger charge is 2.28. The molecule has 1 aliphatic rings. The monoisotopic (exact) mass is 349 g/mol. The fraction of sp³-hybridized carbons (Fsp3) is 0.533. The molecular formula is C15H20BrN5. The first-order valence-electron chi connectivity index (χ1n) is 7.54. The van der Waals surface area contributed by atoms with Gasteiger partial charge >= 0.3 is 0 Å². The lowest BCUT2D eigenvalue weighted by Crippen LogP contribution is -2.24. The largest absolute Gasteiger partial charge is 0.398 e. The molecule has 0 bridgehead atoms. The Labute approximate surface area is 133 Å². The molecule has 1 fully saturated rings. The molecule has 0 amide bonds. The van der Waals surface area contributed by atoms with Gasteiger partial charge in [0, 0.05) is 15.7 Å². The molecule has 1 saturated carbocycles. The second-order valence-corrected chi connectivity index (χ2v) is 6.56. The molecule has 0 aliphatic heterocycles. The van der Waals surface area contributed by atoms with Crippen LogP contribution in [0.2, 0.25) is 0 Å². The molecule has 3 rings (SSSR count). The highest BCUT2D eigenvalue weighted by molar-refractivity contribution is 9.10.